The Morgan fingerprint density at radius 1 is 1.05 bits per heavy atom. The SMILES string of the molecule is Clc1ccc(CNCCc2cccc3c2CC=C3)cc1. The van der Waals surface area contributed by atoms with E-state index in [1.807, 2.05) is 12.1 Å². The molecule has 3 rings (SSSR count). The molecule has 0 atom stereocenters. The van der Waals surface area contributed by atoms with Crippen molar-refractivity contribution in [2.24, 2.45) is 0 Å². The summed E-state index contributed by atoms with van der Waals surface area (Å²) in [6.07, 6.45) is 6.64. The third-order valence-corrected chi connectivity index (χ3v) is 3.99. The highest BCUT2D eigenvalue weighted by Gasteiger charge is 2.08. The molecule has 0 heterocycles. The van der Waals surface area contributed by atoms with Crippen LogP contribution in [-0.2, 0) is 19.4 Å². The first kappa shape index (κ1) is 13.4. The molecule has 0 aliphatic heterocycles. The van der Waals surface area contributed by atoms with Crippen LogP contribution in [0, 0.1) is 0 Å². The first-order chi connectivity index (χ1) is 9.83. The highest BCUT2D eigenvalue weighted by atomic mass is 35.5. The fourth-order valence-electron chi connectivity index (χ4n) is 2.66. The van der Waals surface area contributed by atoms with E-state index in [1.54, 1.807) is 0 Å². The van der Waals surface area contributed by atoms with Gasteiger partial charge in [-0.15, -0.1) is 0 Å². The lowest BCUT2D eigenvalue weighted by atomic mass is 10.0. The van der Waals surface area contributed by atoms with Gasteiger partial charge in [0.05, 0.1) is 0 Å². The van der Waals surface area contributed by atoms with Crippen molar-refractivity contribution in [3.8, 4) is 0 Å². The Kier molecular flexibility index (Phi) is 4.19. The zero-order valence-electron chi connectivity index (χ0n) is 11.4. The molecule has 0 saturated heterocycles. The van der Waals surface area contributed by atoms with Crippen LogP contribution in [0.4, 0.5) is 0 Å². The van der Waals surface area contributed by atoms with Crippen molar-refractivity contribution in [3.63, 3.8) is 0 Å². The zero-order valence-corrected chi connectivity index (χ0v) is 12.2. The van der Waals surface area contributed by atoms with E-state index in [1.165, 1.54) is 22.3 Å². The Labute approximate surface area is 125 Å². The average Bonchev–Trinajstić information content (AvgIpc) is 2.94. The Hall–Kier alpha value is -1.57. The lowest BCUT2D eigenvalue weighted by Crippen LogP contribution is -2.17. The molecule has 0 saturated carbocycles. The maximum absolute atomic E-state index is 5.88. The van der Waals surface area contributed by atoms with Gasteiger partial charge >= 0.3 is 0 Å². The predicted octanol–water partition coefficient (Wildman–Crippen LogP) is 4.24. The summed E-state index contributed by atoms with van der Waals surface area (Å²) >= 11 is 5.88. The Bertz CT molecular complexity index is 614. The van der Waals surface area contributed by atoms with E-state index in [0.29, 0.717) is 0 Å². The average molecular weight is 284 g/mol. The van der Waals surface area contributed by atoms with Gasteiger partial charge in [-0.1, -0.05) is 54.1 Å². The summed E-state index contributed by atoms with van der Waals surface area (Å²) in [7, 11) is 0. The zero-order chi connectivity index (χ0) is 13.8. The highest BCUT2D eigenvalue weighted by Crippen LogP contribution is 2.23. The summed E-state index contributed by atoms with van der Waals surface area (Å²) in [5, 5.41) is 4.29. The quantitative estimate of drug-likeness (QED) is 0.809. The van der Waals surface area contributed by atoms with E-state index in [2.05, 4.69) is 47.8 Å². The predicted molar refractivity (Wildman–Crippen MR) is 86.0 cm³/mol. The molecule has 0 unspecified atom stereocenters. The maximum atomic E-state index is 5.88. The van der Waals surface area contributed by atoms with Gasteiger partial charge in [-0.2, -0.15) is 0 Å². The van der Waals surface area contributed by atoms with E-state index in [-0.39, 0.29) is 0 Å². The molecule has 2 heteroatoms. The molecule has 1 aliphatic carbocycles. The summed E-state index contributed by atoms with van der Waals surface area (Å²) in [5.41, 5.74) is 5.63. The number of rotatable bonds is 5. The fraction of sp³-hybridized carbons (Fsp3) is 0.222. The highest BCUT2D eigenvalue weighted by molar-refractivity contribution is 6.30. The van der Waals surface area contributed by atoms with Gasteiger partial charge in [-0.05, 0) is 53.8 Å². The van der Waals surface area contributed by atoms with Crippen LogP contribution in [0.2, 0.25) is 5.02 Å². The van der Waals surface area contributed by atoms with Gasteiger partial charge in [0.15, 0.2) is 0 Å². The number of allylic oxidation sites excluding steroid dienone is 1. The minimum absolute atomic E-state index is 0.793. The summed E-state index contributed by atoms with van der Waals surface area (Å²) in [4.78, 5) is 0. The van der Waals surface area contributed by atoms with Crippen molar-refractivity contribution in [2.75, 3.05) is 6.54 Å². The molecule has 2 aromatic rings. The second-order valence-corrected chi connectivity index (χ2v) is 5.58. The fourth-order valence-corrected chi connectivity index (χ4v) is 2.78. The van der Waals surface area contributed by atoms with E-state index in [4.69, 9.17) is 11.6 Å². The first-order valence-corrected chi connectivity index (χ1v) is 7.43. The van der Waals surface area contributed by atoms with Crippen LogP contribution in [-0.4, -0.2) is 6.54 Å². The van der Waals surface area contributed by atoms with E-state index < -0.39 is 0 Å². The van der Waals surface area contributed by atoms with Crippen LogP contribution in [0.15, 0.2) is 48.5 Å². The molecule has 2 aromatic carbocycles. The molecule has 0 radical (unpaired) electrons. The largest absolute Gasteiger partial charge is 0.312 e. The Morgan fingerprint density at radius 3 is 2.75 bits per heavy atom. The molecular formula is C18H18ClN. The third-order valence-electron chi connectivity index (χ3n) is 3.74. The molecule has 1 N–H and O–H groups in total. The molecule has 102 valence electrons. The summed E-state index contributed by atoms with van der Waals surface area (Å²) in [5.74, 6) is 0. The van der Waals surface area contributed by atoms with Gasteiger partial charge in [0.2, 0.25) is 0 Å². The molecule has 1 nitrogen and oxygen atoms in total. The van der Waals surface area contributed by atoms with Gasteiger partial charge in [-0.25, -0.2) is 0 Å². The lowest BCUT2D eigenvalue weighted by Gasteiger charge is -2.09. The van der Waals surface area contributed by atoms with Crippen molar-refractivity contribution in [3.05, 3.63) is 75.8 Å². The van der Waals surface area contributed by atoms with Crippen molar-refractivity contribution < 1.29 is 0 Å². The number of halogens is 1. The molecule has 0 aromatic heterocycles. The molecule has 0 fully saturated rings. The topological polar surface area (TPSA) is 12.0 Å². The van der Waals surface area contributed by atoms with E-state index >= 15 is 0 Å². The molecule has 1 aliphatic rings. The monoisotopic (exact) mass is 283 g/mol. The normalized spacial score (nSPS) is 12.7. The number of nitrogens with one attached hydrogen (secondary N) is 1. The van der Waals surface area contributed by atoms with Crippen LogP contribution in [0.1, 0.15) is 22.3 Å². The first-order valence-electron chi connectivity index (χ1n) is 7.05. The summed E-state index contributed by atoms with van der Waals surface area (Å²) in [6.45, 7) is 1.89. The van der Waals surface area contributed by atoms with Crippen molar-refractivity contribution >= 4 is 17.7 Å². The van der Waals surface area contributed by atoms with Crippen LogP contribution in [0.25, 0.3) is 6.08 Å². The van der Waals surface area contributed by atoms with Gasteiger partial charge in [0, 0.05) is 11.6 Å². The number of hydrogen-bond donors (Lipinski definition) is 1. The Morgan fingerprint density at radius 2 is 1.90 bits per heavy atom. The van der Waals surface area contributed by atoms with Crippen LogP contribution >= 0.6 is 11.6 Å². The minimum atomic E-state index is 0.793. The number of benzene rings is 2. The van der Waals surface area contributed by atoms with Crippen LogP contribution in [0.5, 0.6) is 0 Å². The summed E-state index contributed by atoms with van der Waals surface area (Å²) < 4.78 is 0. The van der Waals surface area contributed by atoms with Gasteiger partial charge in [0.1, 0.15) is 0 Å². The molecule has 0 amide bonds. The molecule has 20 heavy (non-hydrogen) atoms. The Balaban J connectivity index is 1.51. The second-order valence-electron chi connectivity index (χ2n) is 5.14. The van der Waals surface area contributed by atoms with Gasteiger partial charge < -0.3 is 5.32 Å². The third kappa shape index (κ3) is 3.12. The minimum Gasteiger partial charge on any atom is -0.312 e. The van der Waals surface area contributed by atoms with Crippen LogP contribution < -0.4 is 5.32 Å². The van der Waals surface area contributed by atoms with Crippen molar-refractivity contribution in [2.45, 2.75) is 19.4 Å². The smallest absolute Gasteiger partial charge is 0.0406 e. The van der Waals surface area contributed by atoms with Gasteiger partial charge in [0.25, 0.3) is 0 Å². The van der Waals surface area contributed by atoms with E-state index in [9.17, 15) is 0 Å². The summed E-state index contributed by atoms with van der Waals surface area (Å²) in [6, 6.07) is 14.6. The second kappa shape index (κ2) is 6.25. The van der Waals surface area contributed by atoms with Gasteiger partial charge in [-0.3, -0.25) is 0 Å². The lowest BCUT2D eigenvalue weighted by molar-refractivity contribution is 0.685. The van der Waals surface area contributed by atoms with E-state index in [0.717, 1.165) is 31.0 Å². The number of fused-ring (bicyclic) bond motifs is 1. The number of hydrogen-bond acceptors (Lipinski definition) is 1. The molecule has 0 spiro atoms. The standard InChI is InChI=1S/C18H18ClN/c19-17-9-7-14(8-10-17)13-20-12-11-16-4-1-3-15-5-2-6-18(15)16/h1-5,7-10,20H,6,11-13H2. The maximum Gasteiger partial charge on any atom is 0.0406 e. The molecular weight excluding hydrogens is 266 g/mol. The molecule has 0 bridgehead atoms. The van der Waals surface area contributed by atoms with Crippen LogP contribution in [0.3, 0.4) is 0 Å². The van der Waals surface area contributed by atoms with Crippen molar-refractivity contribution in [1.82, 2.24) is 5.32 Å². The van der Waals surface area contributed by atoms with Crippen molar-refractivity contribution in [1.29, 1.82) is 0 Å².